The number of nitrogens with zero attached hydrogens (tertiary/aromatic N) is 1. The molecule has 1 aliphatic rings. The highest BCUT2D eigenvalue weighted by Crippen LogP contribution is 2.39. The average Bonchev–Trinajstić information content (AvgIpc) is 2.85. The van der Waals surface area contributed by atoms with Crippen molar-refractivity contribution in [3.63, 3.8) is 0 Å². The number of benzene rings is 1. The molecule has 0 saturated heterocycles. The van der Waals surface area contributed by atoms with Gasteiger partial charge in [0.15, 0.2) is 5.13 Å². The van der Waals surface area contributed by atoms with Crippen LogP contribution in [0.1, 0.15) is 22.6 Å². The minimum Gasteiger partial charge on any atom is -0.497 e. The van der Waals surface area contributed by atoms with Crippen molar-refractivity contribution < 1.29 is 9.47 Å². The predicted molar refractivity (Wildman–Crippen MR) is 84.0 cm³/mol. The van der Waals surface area contributed by atoms with Gasteiger partial charge in [-0.3, -0.25) is 0 Å². The van der Waals surface area contributed by atoms with Crippen molar-refractivity contribution in [1.29, 1.82) is 0 Å². The molecular formula is C15H19N3O2S. The van der Waals surface area contributed by atoms with Crippen LogP contribution in [0.5, 0.6) is 11.5 Å². The van der Waals surface area contributed by atoms with E-state index < -0.39 is 5.54 Å². The van der Waals surface area contributed by atoms with Gasteiger partial charge in [-0.15, -0.1) is 11.3 Å². The zero-order valence-corrected chi connectivity index (χ0v) is 13.0. The summed E-state index contributed by atoms with van der Waals surface area (Å²) in [6.07, 6.45) is 2.42. The Morgan fingerprint density at radius 2 is 1.86 bits per heavy atom. The third kappa shape index (κ3) is 2.56. The second-order valence-electron chi connectivity index (χ2n) is 5.36. The first kappa shape index (κ1) is 14.2. The molecule has 1 heterocycles. The lowest BCUT2D eigenvalue weighted by Crippen LogP contribution is -2.41. The number of fused-ring (bicyclic) bond motifs is 1. The molecule has 112 valence electrons. The smallest absolute Gasteiger partial charge is 0.180 e. The highest BCUT2D eigenvalue weighted by molar-refractivity contribution is 7.15. The number of nitrogens with two attached hydrogens (primary N) is 2. The number of aryl methyl sites for hydroxylation is 1. The van der Waals surface area contributed by atoms with Gasteiger partial charge in [-0.1, -0.05) is 0 Å². The second kappa shape index (κ2) is 5.20. The lowest BCUT2D eigenvalue weighted by atomic mass is 9.78. The molecule has 2 aromatic rings. The largest absolute Gasteiger partial charge is 0.497 e. The molecule has 0 aliphatic heterocycles. The summed E-state index contributed by atoms with van der Waals surface area (Å²) in [5.41, 5.74) is 14.2. The number of ether oxygens (including phenoxy) is 2. The monoisotopic (exact) mass is 305 g/mol. The predicted octanol–water partition coefficient (Wildman–Crippen LogP) is 2.09. The van der Waals surface area contributed by atoms with Crippen LogP contribution in [0.2, 0.25) is 0 Å². The number of hydrogen-bond donors (Lipinski definition) is 2. The molecule has 5 nitrogen and oxygen atoms in total. The van der Waals surface area contributed by atoms with Crippen LogP contribution >= 0.6 is 11.3 Å². The maximum atomic E-state index is 6.68. The molecule has 0 bridgehead atoms. The molecule has 3 rings (SSSR count). The molecule has 1 unspecified atom stereocenters. The normalized spacial score (nSPS) is 20.9. The Balaban J connectivity index is 1.99. The van der Waals surface area contributed by atoms with Gasteiger partial charge in [-0.25, -0.2) is 4.98 Å². The first-order valence-corrected chi connectivity index (χ1v) is 7.62. The molecule has 1 aliphatic carbocycles. The molecule has 0 fully saturated rings. The number of hydrogen-bond acceptors (Lipinski definition) is 6. The number of anilines is 1. The van der Waals surface area contributed by atoms with Crippen molar-refractivity contribution in [3.8, 4) is 11.5 Å². The molecule has 1 aromatic carbocycles. The van der Waals surface area contributed by atoms with Crippen molar-refractivity contribution in [2.75, 3.05) is 20.0 Å². The number of nitrogen functional groups attached to an aromatic ring is 1. The average molecular weight is 305 g/mol. The Kier molecular flexibility index (Phi) is 3.51. The fourth-order valence-electron chi connectivity index (χ4n) is 2.79. The van der Waals surface area contributed by atoms with Gasteiger partial charge in [0.1, 0.15) is 11.5 Å². The van der Waals surface area contributed by atoms with Crippen LogP contribution in [-0.2, 0) is 18.4 Å². The van der Waals surface area contributed by atoms with E-state index in [2.05, 4.69) is 4.98 Å². The van der Waals surface area contributed by atoms with Crippen LogP contribution in [0.15, 0.2) is 18.2 Å². The lowest BCUT2D eigenvalue weighted by molar-refractivity contribution is 0.367. The van der Waals surface area contributed by atoms with E-state index in [1.54, 1.807) is 14.2 Å². The van der Waals surface area contributed by atoms with E-state index in [1.807, 2.05) is 18.2 Å². The first-order valence-electron chi connectivity index (χ1n) is 6.80. The van der Waals surface area contributed by atoms with Gasteiger partial charge in [0.2, 0.25) is 0 Å². The molecule has 0 amide bonds. The summed E-state index contributed by atoms with van der Waals surface area (Å²) >= 11 is 1.53. The summed E-state index contributed by atoms with van der Waals surface area (Å²) in [6, 6.07) is 5.82. The zero-order valence-electron chi connectivity index (χ0n) is 12.2. The van der Waals surface area contributed by atoms with Crippen molar-refractivity contribution >= 4 is 16.5 Å². The molecule has 1 atom stereocenters. The standard InChI is InChI=1S/C15H19N3O2S/c1-19-10-5-9(6-11(7-10)20-2)15(17)4-3-12-13(8-15)21-14(16)18-12/h5-7H,3-4,8,17H2,1-2H3,(H2,16,18). The lowest BCUT2D eigenvalue weighted by Gasteiger charge is -2.33. The molecule has 21 heavy (non-hydrogen) atoms. The fourth-order valence-corrected chi connectivity index (χ4v) is 3.80. The summed E-state index contributed by atoms with van der Waals surface area (Å²) in [6.45, 7) is 0. The second-order valence-corrected chi connectivity index (χ2v) is 6.47. The van der Waals surface area contributed by atoms with Crippen LogP contribution in [0.25, 0.3) is 0 Å². The molecule has 0 spiro atoms. The Labute approximate surface area is 127 Å². The van der Waals surface area contributed by atoms with E-state index in [9.17, 15) is 0 Å². The van der Waals surface area contributed by atoms with Gasteiger partial charge >= 0.3 is 0 Å². The van der Waals surface area contributed by atoms with E-state index >= 15 is 0 Å². The SMILES string of the molecule is COc1cc(OC)cc(C2(N)CCc3nc(N)sc3C2)c1. The van der Waals surface area contributed by atoms with Crippen molar-refractivity contribution in [2.45, 2.75) is 24.8 Å². The number of aromatic nitrogens is 1. The highest BCUT2D eigenvalue weighted by atomic mass is 32.1. The summed E-state index contributed by atoms with van der Waals surface area (Å²) in [4.78, 5) is 5.55. The van der Waals surface area contributed by atoms with Crippen LogP contribution < -0.4 is 20.9 Å². The maximum Gasteiger partial charge on any atom is 0.180 e. The Hall–Kier alpha value is -1.79. The fraction of sp³-hybridized carbons (Fsp3) is 0.400. The Morgan fingerprint density at radius 1 is 1.19 bits per heavy atom. The highest BCUT2D eigenvalue weighted by Gasteiger charge is 2.35. The van der Waals surface area contributed by atoms with E-state index in [1.165, 1.54) is 16.2 Å². The quantitative estimate of drug-likeness (QED) is 0.907. The van der Waals surface area contributed by atoms with Gasteiger partial charge < -0.3 is 20.9 Å². The molecule has 4 N–H and O–H groups in total. The summed E-state index contributed by atoms with van der Waals surface area (Å²) in [5.74, 6) is 1.51. The van der Waals surface area contributed by atoms with Crippen LogP contribution in [0.4, 0.5) is 5.13 Å². The van der Waals surface area contributed by atoms with Crippen LogP contribution in [0.3, 0.4) is 0 Å². The van der Waals surface area contributed by atoms with Crippen LogP contribution in [0, 0.1) is 0 Å². The topological polar surface area (TPSA) is 83.4 Å². The maximum absolute atomic E-state index is 6.68. The van der Waals surface area contributed by atoms with E-state index in [-0.39, 0.29) is 0 Å². The van der Waals surface area contributed by atoms with Gasteiger partial charge in [0.25, 0.3) is 0 Å². The van der Waals surface area contributed by atoms with Crippen molar-refractivity contribution in [3.05, 3.63) is 34.3 Å². The first-order chi connectivity index (χ1) is 10.0. The van der Waals surface area contributed by atoms with E-state index in [0.29, 0.717) is 5.13 Å². The van der Waals surface area contributed by atoms with Crippen molar-refractivity contribution in [2.24, 2.45) is 5.73 Å². The van der Waals surface area contributed by atoms with Gasteiger partial charge in [-0.05, 0) is 30.5 Å². The molecule has 0 radical (unpaired) electrons. The number of thiazole rings is 1. The third-order valence-electron chi connectivity index (χ3n) is 4.01. The molecule has 1 aromatic heterocycles. The van der Waals surface area contributed by atoms with Crippen LogP contribution in [-0.4, -0.2) is 19.2 Å². The minimum atomic E-state index is -0.437. The molecule has 6 heteroatoms. The summed E-state index contributed by atoms with van der Waals surface area (Å²) in [5, 5.41) is 0.618. The van der Waals surface area contributed by atoms with Gasteiger partial charge in [0, 0.05) is 22.9 Å². The zero-order chi connectivity index (χ0) is 15.0. The summed E-state index contributed by atoms with van der Waals surface area (Å²) in [7, 11) is 3.29. The van der Waals surface area contributed by atoms with Gasteiger partial charge in [-0.2, -0.15) is 0 Å². The molecule has 0 saturated carbocycles. The Bertz CT molecular complexity index is 649. The van der Waals surface area contributed by atoms with Gasteiger partial charge in [0.05, 0.1) is 19.9 Å². The Morgan fingerprint density at radius 3 is 2.48 bits per heavy atom. The number of rotatable bonds is 3. The van der Waals surface area contributed by atoms with E-state index in [4.69, 9.17) is 20.9 Å². The number of methoxy groups -OCH3 is 2. The minimum absolute atomic E-state index is 0.437. The van der Waals surface area contributed by atoms with Crippen molar-refractivity contribution in [1.82, 2.24) is 4.98 Å². The summed E-state index contributed by atoms with van der Waals surface area (Å²) < 4.78 is 10.7. The third-order valence-corrected chi connectivity index (χ3v) is 4.93. The molecular weight excluding hydrogens is 286 g/mol. The van der Waals surface area contributed by atoms with E-state index in [0.717, 1.165) is 42.0 Å².